The van der Waals surface area contributed by atoms with Gasteiger partial charge in [-0.15, -0.1) is 0 Å². The van der Waals surface area contributed by atoms with Gasteiger partial charge in [-0.2, -0.15) is 0 Å². The maximum atomic E-state index is 4.64. The van der Waals surface area contributed by atoms with Crippen molar-refractivity contribution in [2.24, 2.45) is 0 Å². The summed E-state index contributed by atoms with van der Waals surface area (Å²) in [6.45, 7) is 7.07. The molecule has 0 saturated carbocycles. The highest BCUT2D eigenvalue weighted by Crippen LogP contribution is 2.14. The van der Waals surface area contributed by atoms with Gasteiger partial charge in [0, 0.05) is 29.9 Å². The fourth-order valence-corrected chi connectivity index (χ4v) is 2.30. The standard InChI is InChI=1S/C16H21N3/c1-11-7-5-6-8-14(11)9-16-18-12(2)15(10-17-4)13(3)19-16/h5-8,17H,9-10H2,1-4H3. The number of aryl methyl sites for hydroxylation is 3. The van der Waals surface area contributed by atoms with E-state index >= 15 is 0 Å². The molecule has 0 fully saturated rings. The molecule has 3 nitrogen and oxygen atoms in total. The molecule has 0 saturated heterocycles. The van der Waals surface area contributed by atoms with Crippen LogP contribution in [0.2, 0.25) is 0 Å². The third kappa shape index (κ3) is 3.18. The molecule has 2 rings (SSSR count). The van der Waals surface area contributed by atoms with Crippen LogP contribution < -0.4 is 5.32 Å². The average molecular weight is 255 g/mol. The fourth-order valence-electron chi connectivity index (χ4n) is 2.30. The SMILES string of the molecule is CNCc1c(C)nc(Cc2ccccc2C)nc1C. The third-order valence-electron chi connectivity index (χ3n) is 3.43. The maximum absolute atomic E-state index is 4.64. The molecule has 0 amide bonds. The summed E-state index contributed by atoms with van der Waals surface area (Å²) >= 11 is 0. The molecule has 1 N–H and O–H groups in total. The van der Waals surface area contributed by atoms with Crippen LogP contribution in [-0.4, -0.2) is 17.0 Å². The smallest absolute Gasteiger partial charge is 0.133 e. The highest BCUT2D eigenvalue weighted by atomic mass is 14.9. The van der Waals surface area contributed by atoms with Crippen molar-refractivity contribution in [3.8, 4) is 0 Å². The van der Waals surface area contributed by atoms with Crippen molar-refractivity contribution >= 4 is 0 Å². The summed E-state index contributed by atoms with van der Waals surface area (Å²) in [7, 11) is 1.94. The van der Waals surface area contributed by atoms with Gasteiger partial charge in [-0.1, -0.05) is 24.3 Å². The lowest BCUT2D eigenvalue weighted by Gasteiger charge is -2.11. The lowest BCUT2D eigenvalue weighted by Crippen LogP contribution is -2.12. The quantitative estimate of drug-likeness (QED) is 0.913. The summed E-state index contributed by atoms with van der Waals surface area (Å²) in [5.41, 5.74) is 5.94. The first-order valence-electron chi connectivity index (χ1n) is 6.64. The molecule has 0 radical (unpaired) electrons. The second-order valence-corrected chi connectivity index (χ2v) is 4.92. The van der Waals surface area contributed by atoms with Crippen LogP contribution in [-0.2, 0) is 13.0 Å². The monoisotopic (exact) mass is 255 g/mol. The molecule has 1 aromatic heterocycles. The summed E-state index contributed by atoms with van der Waals surface area (Å²) in [5, 5.41) is 3.16. The van der Waals surface area contributed by atoms with Crippen LogP contribution in [0.5, 0.6) is 0 Å². The number of hydrogen-bond acceptors (Lipinski definition) is 3. The molecule has 2 aromatic rings. The Balaban J connectivity index is 2.30. The summed E-state index contributed by atoms with van der Waals surface area (Å²) < 4.78 is 0. The summed E-state index contributed by atoms with van der Waals surface area (Å²) in [5.74, 6) is 0.907. The lowest BCUT2D eigenvalue weighted by molar-refractivity contribution is 0.773. The summed E-state index contributed by atoms with van der Waals surface area (Å²) in [4.78, 5) is 9.28. The zero-order chi connectivity index (χ0) is 13.8. The second kappa shape index (κ2) is 5.93. The molecule has 0 unspecified atom stereocenters. The van der Waals surface area contributed by atoms with Crippen LogP contribution in [0.3, 0.4) is 0 Å². The van der Waals surface area contributed by atoms with Crippen LogP contribution in [0.25, 0.3) is 0 Å². The van der Waals surface area contributed by atoms with Crippen LogP contribution >= 0.6 is 0 Å². The molecule has 1 aromatic carbocycles. The van der Waals surface area contributed by atoms with E-state index in [2.05, 4.69) is 60.3 Å². The van der Waals surface area contributed by atoms with Gasteiger partial charge in [0.2, 0.25) is 0 Å². The van der Waals surface area contributed by atoms with E-state index in [1.807, 2.05) is 7.05 Å². The van der Waals surface area contributed by atoms with E-state index in [1.165, 1.54) is 16.7 Å². The Kier molecular flexibility index (Phi) is 4.27. The highest BCUT2D eigenvalue weighted by molar-refractivity contribution is 5.30. The maximum Gasteiger partial charge on any atom is 0.133 e. The van der Waals surface area contributed by atoms with E-state index in [9.17, 15) is 0 Å². The van der Waals surface area contributed by atoms with Crippen LogP contribution in [0.1, 0.15) is 33.9 Å². The first-order chi connectivity index (χ1) is 9.11. The van der Waals surface area contributed by atoms with Crippen molar-refractivity contribution in [2.75, 3.05) is 7.05 Å². The minimum Gasteiger partial charge on any atom is -0.316 e. The molecular formula is C16H21N3. The number of aromatic nitrogens is 2. The third-order valence-corrected chi connectivity index (χ3v) is 3.43. The normalized spacial score (nSPS) is 10.7. The van der Waals surface area contributed by atoms with Gasteiger partial charge in [0.25, 0.3) is 0 Å². The van der Waals surface area contributed by atoms with Gasteiger partial charge >= 0.3 is 0 Å². The Bertz CT molecular complexity index is 553. The van der Waals surface area contributed by atoms with Gasteiger partial charge in [-0.05, 0) is 38.9 Å². The molecule has 0 atom stereocenters. The zero-order valence-electron chi connectivity index (χ0n) is 12.1. The minimum absolute atomic E-state index is 0.800. The van der Waals surface area contributed by atoms with Crippen molar-refractivity contribution in [1.82, 2.24) is 15.3 Å². The first kappa shape index (κ1) is 13.7. The van der Waals surface area contributed by atoms with Gasteiger partial charge in [-0.25, -0.2) is 9.97 Å². The van der Waals surface area contributed by atoms with Gasteiger partial charge in [-0.3, -0.25) is 0 Å². The van der Waals surface area contributed by atoms with Gasteiger partial charge in [0.15, 0.2) is 0 Å². The van der Waals surface area contributed by atoms with Crippen molar-refractivity contribution < 1.29 is 0 Å². The Morgan fingerprint density at radius 3 is 2.21 bits per heavy atom. The molecule has 0 aliphatic heterocycles. The van der Waals surface area contributed by atoms with E-state index in [-0.39, 0.29) is 0 Å². The average Bonchev–Trinajstić information content (AvgIpc) is 2.37. The number of hydrogen-bond donors (Lipinski definition) is 1. The van der Waals surface area contributed by atoms with E-state index < -0.39 is 0 Å². The van der Waals surface area contributed by atoms with E-state index in [1.54, 1.807) is 0 Å². The molecule has 1 heterocycles. The molecule has 100 valence electrons. The van der Waals surface area contributed by atoms with Crippen LogP contribution in [0, 0.1) is 20.8 Å². The Morgan fingerprint density at radius 2 is 1.63 bits per heavy atom. The molecule has 0 aliphatic carbocycles. The number of rotatable bonds is 4. The topological polar surface area (TPSA) is 37.8 Å². The molecule has 0 bridgehead atoms. The Hall–Kier alpha value is -1.74. The fraction of sp³-hybridized carbons (Fsp3) is 0.375. The lowest BCUT2D eigenvalue weighted by atomic mass is 10.1. The molecule has 0 spiro atoms. The second-order valence-electron chi connectivity index (χ2n) is 4.92. The van der Waals surface area contributed by atoms with E-state index in [0.717, 1.165) is 30.2 Å². The number of nitrogens with zero attached hydrogens (tertiary/aromatic N) is 2. The number of nitrogens with one attached hydrogen (secondary N) is 1. The Morgan fingerprint density at radius 1 is 1.00 bits per heavy atom. The molecule has 3 heteroatoms. The molecular weight excluding hydrogens is 234 g/mol. The van der Waals surface area contributed by atoms with Crippen molar-refractivity contribution in [1.29, 1.82) is 0 Å². The highest BCUT2D eigenvalue weighted by Gasteiger charge is 2.09. The zero-order valence-corrected chi connectivity index (χ0v) is 12.1. The molecule has 19 heavy (non-hydrogen) atoms. The van der Waals surface area contributed by atoms with Gasteiger partial charge < -0.3 is 5.32 Å². The minimum atomic E-state index is 0.800. The van der Waals surface area contributed by atoms with E-state index in [0.29, 0.717) is 0 Å². The van der Waals surface area contributed by atoms with E-state index in [4.69, 9.17) is 0 Å². The Labute approximate surface area is 115 Å². The predicted octanol–water partition coefficient (Wildman–Crippen LogP) is 2.71. The largest absolute Gasteiger partial charge is 0.316 e. The van der Waals surface area contributed by atoms with Crippen molar-refractivity contribution in [3.05, 3.63) is 58.2 Å². The van der Waals surface area contributed by atoms with Crippen molar-refractivity contribution in [2.45, 2.75) is 33.7 Å². The van der Waals surface area contributed by atoms with Crippen LogP contribution in [0.4, 0.5) is 0 Å². The van der Waals surface area contributed by atoms with Gasteiger partial charge in [0.1, 0.15) is 5.82 Å². The van der Waals surface area contributed by atoms with Crippen molar-refractivity contribution in [3.63, 3.8) is 0 Å². The number of benzene rings is 1. The summed E-state index contributed by atoms with van der Waals surface area (Å²) in [6, 6.07) is 8.40. The van der Waals surface area contributed by atoms with Crippen LogP contribution in [0.15, 0.2) is 24.3 Å². The summed E-state index contributed by atoms with van der Waals surface area (Å²) in [6.07, 6.45) is 0.800. The predicted molar refractivity (Wildman–Crippen MR) is 78.3 cm³/mol. The molecule has 0 aliphatic rings. The van der Waals surface area contributed by atoms with Gasteiger partial charge in [0.05, 0.1) is 0 Å². The first-order valence-corrected chi connectivity index (χ1v) is 6.64.